The molecule has 24 heavy (non-hydrogen) atoms. The highest BCUT2D eigenvalue weighted by molar-refractivity contribution is 7.22. The molecule has 1 aromatic heterocycles. The van der Waals surface area contributed by atoms with Gasteiger partial charge in [0, 0.05) is 0 Å². The third kappa shape index (κ3) is 3.72. The standard InChI is InChI=1S/C16H12F2N4OS/c17-11-4-3-5-12(18)10(11)8-20-22-15(23)9-19-16-21-13-6-1-2-7-14(13)24-16/h1-8H,9H2,(H,19,21)(H,22,23)/b20-8-. The van der Waals surface area contributed by atoms with E-state index in [9.17, 15) is 13.6 Å². The van der Waals surface area contributed by atoms with Gasteiger partial charge < -0.3 is 5.32 Å². The molecular weight excluding hydrogens is 334 g/mol. The van der Waals surface area contributed by atoms with Crippen molar-refractivity contribution in [2.45, 2.75) is 0 Å². The number of aromatic nitrogens is 1. The zero-order chi connectivity index (χ0) is 16.9. The molecule has 122 valence electrons. The molecule has 0 unspecified atom stereocenters. The van der Waals surface area contributed by atoms with E-state index in [4.69, 9.17) is 0 Å². The zero-order valence-corrected chi connectivity index (χ0v) is 13.1. The number of para-hydroxylation sites is 1. The lowest BCUT2D eigenvalue weighted by Gasteiger charge is -2.01. The van der Waals surface area contributed by atoms with Gasteiger partial charge in [-0.15, -0.1) is 0 Å². The molecule has 3 aromatic rings. The number of hydrazone groups is 1. The number of fused-ring (bicyclic) bond motifs is 1. The quantitative estimate of drug-likeness (QED) is 0.551. The van der Waals surface area contributed by atoms with E-state index in [1.807, 2.05) is 24.3 Å². The first-order valence-electron chi connectivity index (χ1n) is 6.99. The van der Waals surface area contributed by atoms with E-state index < -0.39 is 17.5 Å². The number of hydrogen-bond acceptors (Lipinski definition) is 5. The van der Waals surface area contributed by atoms with Gasteiger partial charge in [0.05, 0.1) is 28.5 Å². The van der Waals surface area contributed by atoms with E-state index in [2.05, 4.69) is 20.8 Å². The van der Waals surface area contributed by atoms with Crippen LogP contribution >= 0.6 is 11.3 Å². The number of nitrogens with one attached hydrogen (secondary N) is 2. The second kappa shape index (κ2) is 7.14. The van der Waals surface area contributed by atoms with Gasteiger partial charge in [0.25, 0.3) is 5.91 Å². The van der Waals surface area contributed by atoms with E-state index in [1.165, 1.54) is 17.4 Å². The van der Waals surface area contributed by atoms with Crippen molar-refractivity contribution < 1.29 is 13.6 Å². The van der Waals surface area contributed by atoms with E-state index in [-0.39, 0.29) is 12.1 Å². The number of amides is 1. The third-order valence-electron chi connectivity index (χ3n) is 3.08. The molecule has 1 heterocycles. The fraction of sp³-hybridized carbons (Fsp3) is 0.0625. The van der Waals surface area contributed by atoms with Gasteiger partial charge in [-0.3, -0.25) is 4.79 Å². The number of carbonyl (C=O) groups is 1. The Morgan fingerprint density at radius 2 is 1.92 bits per heavy atom. The average molecular weight is 346 g/mol. The van der Waals surface area contributed by atoms with Crippen LogP contribution in [0, 0.1) is 11.6 Å². The van der Waals surface area contributed by atoms with Crippen LogP contribution in [0.3, 0.4) is 0 Å². The summed E-state index contributed by atoms with van der Waals surface area (Å²) >= 11 is 1.42. The Balaban J connectivity index is 1.55. The molecule has 0 fully saturated rings. The van der Waals surface area contributed by atoms with Crippen molar-refractivity contribution in [2.75, 3.05) is 11.9 Å². The van der Waals surface area contributed by atoms with Gasteiger partial charge >= 0.3 is 0 Å². The molecule has 0 spiro atoms. The first-order chi connectivity index (χ1) is 11.6. The Morgan fingerprint density at radius 3 is 2.67 bits per heavy atom. The molecule has 0 atom stereocenters. The third-order valence-corrected chi connectivity index (χ3v) is 4.07. The first kappa shape index (κ1) is 16.0. The van der Waals surface area contributed by atoms with Gasteiger partial charge in [-0.1, -0.05) is 29.5 Å². The molecule has 1 amide bonds. The lowest BCUT2D eigenvalue weighted by Crippen LogP contribution is -2.25. The second-order valence-electron chi connectivity index (χ2n) is 4.77. The van der Waals surface area contributed by atoms with Gasteiger partial charge in [-0.2, -0.15) is 5.10 Å². The molecular formula is C16H12F2N4OS. The Hall–Kier alpha value is -2.87. The number of rotatable bonds is 5. The molecule has 0 bridgehead atoms. The highest BCUT2D eigenvalue weighted by atomic mass is 32.1. The molecule has 0 aliphatic rings. The summed E-state index contributed by atoms with van der Waals surface area (Å²) in [4.78, 5) is 16.0. The largest absolute Gasteiger partial charge is 0.352 e. The molecule has 2 aromatic carbocycles. The highest BCUT2D eigenvalue weighted by Gasteiger charge is 2.07. The maximum atomic E-state index is 13.4. The molecule has 0 aliphatic heterocycles. The van der Waals surface area contributed by atoms with Crippen molar-refractivity contribution in [3.63, 3.8) is 0 Å². The number of benzene rings is 2. The van der Waals surface area contributed by atoms with Crippen LogP contribution in [0.1, 0.15) is 5.56 Å². The molecule has 5 nitrogen and oxygen atoms in total. The summed E-state index contributed by atoms with van der Waals surface area (Å²) in [7, 11) is 0. The predicted octanol–water partition coefficient (Wildman–Crippen LogP) is 3.14. The zero-order valence-electron chi connectivity index (χ0n) is 12.3. The lowest BCUT2D eigenvalue weighted by atomic mass is 10.2. The average Bonchev–Trinajstić information content (AvgIpc) is 2.98. The molecule has 2 N–H and O–H groups in total. The summed E-state index contributed by atoms with van der Waals surface area (Å²) in [6, 6.07) is 11.1. The number of thiazole rings is 1. The summed E-state index contributed by atoms with van der Waals surface area (Å²) in [5.74, 6) is -1.96. The second-order valence-corrected chi connectivity index (χ2v) is 5.80. The van der Waals surface area contributed by atoms with Gasteiger partial charge in [0.2, 0.25) is 0 Å². The lowest BCUT2D eigenvalue weighted by molar-refractivity contribution is -0.119. The fourth-order valence-electron chi connectivity index (χ4n) is 1.95. The Kier molecular flexibility index (Phi) is 4.76. The van der Waals surface area contributed by atoms with Crippen molar-refractivity contribution >= 4 is 38.8 Å². The van der Waals surface area contributed by atoms with E-state index in [0.29, 0.717) is 5.13 Å². The van der Waals surface area contributed by atoms with Gasteiger partial charge in [-0.25, -0.2) is 19.2 Å². The Bertz CT molecular complexity index is 857. The predicted molar refractivity (Wildman–Crippen MR) is 90.2 cm³/mol. The minimum Gasteiger partial charge on any atom is -0.352 e. The number of hydrogen-bond donors (Lipinski definition) is 2. The minimum atomic E-state index is -0.749. The monoisotopic (exact) mass is 346 g/mol. The number of anilines is 1. The summed E-state index contributed by atoms with van der Waals surface area (Å²) < 4.78 is 27.8. The van der Waals surface area contributed by atoms with Crippen LogP contribution in [0.5, 0.6) is 0 Å². The minimum absolute atomic E-state index is 0.0586. The smallest absolute Gasteiger partial charge is 0.259 e. The number of carbonyl (C=O) groups excluding carboxylic acids is 1. The Labute approximate surface area is 140 Å². The van der Waals surface area contributed by atoms with Crippen molar-refractivity contribution in [2.24, 2.45) is 5.10 Å². The first-order valence-corrected chi connectivity index (χ1v) is 7.80. The van der Waals surface area contributed by atoms with Crippen molar-refractivity contribution in [1.82, 2.24) is 10.4 Å². The maximum absolute atomic E-state index is 13.4. The number of halogens is 2. The topological polar surface area (TPSA) is 66.4 Å². The van der Waals surface area contributed by atoms with Crippen LogP contribution in [0.25, 0.3) is 10.2 Å². The maximum Gasteiger partial charge on any atom is 0.259 e. The molecule has 0 saturated heterocycles. The van der Waals surface area contributed by atoms with E-state index in [0.717, 1.165) is 28.6 Å². The van der Waals surface area contributed by atoms with Gasteiger partial charge in [-0.05, 0) is 24.3 Å². The summed E-state index contributed by atoms with van der Waals surface area (Å²) in [6.45, 7) is -0.0586. The SMILES string of the molecule is O=C(CNc1nc2ccccc2s1)N/N=C\c1c(F)cccc1F. The molecule has 0 saturated carbocycles. The summed E-state index contributed by atoms with van der Waals surface area (Å²) in [5.41, 5.74) is 2.74. The molecule has 0 radical (unpaired) electrons. The fourth-order valence-corrected chi connectivity index (χ4v) is 2.81. The van der Waals surface area contributed by atoms with Crippen LogP contribution < -0.4 is 10.7 Å². The highest BCUT2D eigenvalue weighted by Crippen LogP contribution is 2.24. The molecule has 0 aliphatic carbocycles. The van der Waals surface area contributed by atoms with Crippen molar-refractivity contribution in [3.05, 3.63) is 59.7 Å². The number of nitrogens with zero attached hydrogens (tertiary/aromatic N) is 2. The summed E-state index contributed by atoms with van der Waals surface area (Å²) in [5, 5.41) is 7.04. The van der Waals surface area contributed by atoms with Crippen molar-refractivity contribution in [3.8, 4) is 0 Å². The van der Waals surface area contributed by atoms with E-state index >= 15 is 0 Å². The van der Waals surface area contributed by atoms with Crippen molar-refractivity contribution in [1.29, 1.82) is 0 Å². The molecule has 8 heteroatoms. The molecule has 3 rings (SSSR count). The van der Waals surface area contributed by atoms with Crippen LogP contribution in [0.4, 0.5) is 13.9 Å². The van der Waals surface area contributed by atoms with E-state index in [1.54, 1.807) is 0 Å². The van der Waals surface area contributed by atoms with Gasteiger partial charge in [0.15, 0.2) is 5.13 Å². The van der Waals surface area contributed by atoms with Crippen LogP contribution in [-0.2, 0) is 4.79 Å². The normalized spacial score (nSPS) is 11.1. The Morgan fingerprint density at radius 1 is 1.17 bits per heavy atom. The summed E-state index contributed by atoms with van der Waals surface area (Å²) in [6.07, 6.45) is 0.931. The van der Waals surface area contributed by atoms with Crippen LogP contribution in [-0.4, -0.2) is 23.7 Å². The van der Waals surface area contributed by atoms with Gasteiger partial charge in [0.1, 0.15) is 11.6 Å². The van der Waals surface area contributed by atoms with Crippen LogP contribution in [0.2, 0.25) is 0 Å². The van der Waals surface area contributed by atoms with Crippen LogP contribution in [0.15, 0.2) is 47.6 Å².